The summed E-state index contributed by atoms with van der Waals surface area (Å²) in [6.45, 7) is 5.15. The van der Waals surface area contributed by atoms with Crippen molar-refractivity contribution in [2.24, 2.45) is 0 Å². The van der Waals surface area contributed by atoms with Crippen molar-refractivity contribution in [1.82, 2.24) is 15.1 Å². The molecular weight excluding hydrogens is 366 g/mol. The van der Waals surface area contributed by atoms with Gasteiger partial charge in [0.05, 0.1) is 19.3 Å². The van der Waals surface area contributed by atoms with E-state index in [4.69, 9.17) is 9.15 Å². The first kappa shape index (κ1) is 18.8. The van der Waals surface area contributed by atoms with Crippen LogP contribution in [0.5, 0.6) is 5.75 Å². The maximum atomic E-state index is 12.6. The summed E-state index contributed by atoms with van der Waals surface area (Å²) in [5.74, 6) is 0.619. The lowest BCUT2D eigenvalue weighted by molar-refractivity contribution is 0.0925. The van der Waals surface area contributed by atoms with Gasteiger partial charge in [0.15, 0.2) is 17.1 Å². The number of carbonyl (C=O) groups excluding carboxylic acids is 1. The number of aromatic nitrogens is 2. The Morgan fingerprint density at radius 2 is 1.90 bits per heavy atom. The minimum absolute atomic E-state index is 0.257. The quantitative estimate of drug-likeness (QED) is 0.536. The Bertz CT molecular complexity index is 1170. The number of benzene rings is 2. The standard InChI is InChI=1S/C23H23N3O3/c1-15-10-16(2)26(25-15)14-18-7-4-6-17(11-18)13-24-23(27)21-12-19-8-5-9-20(28-3)22(19)29-21/h4-12H,13-14H2,1-3H3,(H,24,27). The number of nitrogens with zero attached hydrogens (tertiary/aromatic N) is 2. The largest absolute Gasteiger partial charge is 0.493 e. The zero-order valence-corrected chi connectivity index (χ0v) is 16.7. The van der Waals surface area contributed by atoms with Gasteiger partial charge < -0.3 is 14.5 Å². The number of furan rings is 1. The summed E-state index contributed by atoms with van der Waals surface area (Å²) in [4.78, 5) is 12.6. The number of carbonyl (C=O) groups is 1. The van der Waals surface area contributed by atoms with Gasteiger partial charge in [-0.05, 0) is 43.2 Å². The second-order valence-electron chi connectivity index (χ2n) is 7.08. The predicted molar refractivity (Wildman–Crippen MR) is 111 cm³/mol. The maximum Gasteiger partial charge on any atom is 0.287 e. The first-order valence-electron chi connectivity index (χ1n) is 9.47. The van der Waals surface area contributed by atoms with Gasteiger partial charge in [-0.2, -0.15) is 5.10 Å². The van der Waals surface area contributed by atoms with E-state index in [-0.39, 0.29) is 11.7 Å². The summed E-state index contributed by atoms with van der Waals surface area (Å²) in [7, 11) is 1.58. The molecule has 0 unspecified atom stereocenters. The van der Waals surface area contributed by atoms with E-state index in [1.165, 1.54) is 0 Å². The molecular formula is C23H23N3O3. The lowest BCUT2D eigenvalue weighted by Gasteiger charge is -2.08. The molecule has 2 aromatic heterocycles. The van der Waals surface area contributed by atoms with E-state index >= 15 is 0 Å². The average Bonchev–Trinajstić information content (AvgIpc) is 3.29. The van der Waals surface area contributed by atoms with Gasteiger partial charge in [0, 0.05) is 17.6 Å². The van der Waals surface area contributed by atoms with Crippen molar-refractivity contribution < 1.29 is 13.9 Å². The van der Waals surface area contributed by atoms with E-state index in [1.807, 2.05) is 48.9 Å². The molecule has 0 saturated heterocycles. The zero-order valence-electron chi connectivity index (χ0n) is 16.7. The van der Waals surface area contributed by atoms with Crippen LogP contribution in [-0.2, 0) is 13.1 Å². The number of hydrogen-bond acceptors (Lipinski definition) is 4. The van der Waals surface area contributed by atoms with Crippen LogP contribution in [0.2, 0.25) is 0 Å². The molecule has 4 rings (SSSR count). The van der Waals surface area contributed by atoms with Crippen LogP contribution >= 0.6 is 0 Å². The molecule has 1 amide bonds. The van der Waals surface area contributed by atoms with Crippen molar-refractivity contribution in [1.29, 1.82) is 0 Å². The SMILES string of the molecule is COc1cccc2cc(C(=O)NCc3cccc(Cn4nc(C)cc4C)c3)oc12. The first-order chi connectivity index (χ1) is 14.0. The molecule has 29 heavy (non-hydrogen) atoms. The normalized spacial score (nSPS) is 11.0. The van der Waals surface area contributed by atoms with Crippen LogP contribution in [0.4, 0.5) is 0 Å². The highest BCUT2D eigenvalue weighted by molar-refractivity contribution is 5.97. The van der Waals surface area contributed by atoms with E-state index < -0.39 is 0 Å². The molecule has 0 aliphatic heterocycles. The number of ether oxygens (including phenoxy) is 1. The van der Waals surface area contributed by atoms with Crippen molar-refractivity contribution >= 4 is 16.9 Å². The highest BCUT2D eigenvalue weighted by Gasteiger charge is 2.14. The van der Waals surface area contributed by atoms with Gasteiger partial charge in [0.1, 0.15) is 0 Å². The van der Waals surface area contributed by atoms with Gasteiger partial charge in [-0.15, -0.1) is 0 Å². The average molecular weight is 389 g/mol. The van der Waals surface area contributed by atoms with E-state index in [0.29, 0.717) is 24.4 Å². The van der Waals surface area contributed by atoms with E-state index in [9.17, 15) is 4.79 Å². The molecule has 0 aliphatic rings. The van der Waals surface area contributed by atoms with Crippen molar-refractivity contribution in [2.45, 2.75) is 26.9 Å². The third kappa shape index (κ3) is 4.01. The van der Waals surface area contributed by atoms with Gasteiger partial charge >= 0.3 is 0 Å². The van der Waals surface area contributed by atoms with Crippen LogP contribution in [0, 0.1) is 13.8 Å². The lowest BCUT2D eigenvalue weighted by atomic mass is 10.1. The third-order valence-corrected chi connectivity index (χ3v) is 4.83. The first-order valence-corrected chi connectivity index (χ1v) is 9.47. The Kier molecular flexibility index (Phi) is 5.08. The molecule has 148 valence electrons. The third-order valence-electron chi connectivity index (χ3n) is 4.83. The summed E-state index contributed by atoms with van der Waals surface area (Å²) in [5.41, 5.74) is 4.87. The fourth-order valence-electron chi connectivity index (χ4n) is 3.42. The van der Waals surface area contributed by atoms with E-state index in [1.54, 1.807) is 13.2 Å². The van der Waals surface area contributed by atoms with Crippen molar-refractivity contribution in [3.05, 3.63) is 82.9 Å². The zero-order chi connectivity index (χ0) is 20.4. The lowest BCUT2D eigenvalue weighted by Crippen LogP contribution is -2.22. The minimum Gasteiger partial charge on any atom is -0.493 e. The number of nitrogens with one attached hydrogen (secondary N) is 1. The van der Waals surface area contributed by atoms with Crippen LogP contribution in [0.1, 0.15) is 33.1 Å². The molecule has 6 nitrogen and oxygen atoms in total. The van der Waals surface area contributed by atoms with Crippen molar-refractivity contribution in [2.75, 3.05) is 7.11 Å². The van der Waals surface area contributed by atoms with E-state index in [2.05, 4.69) is 28.6 Å². The molecule has 2 aromatic carbocycles. The smallest absolute Gasteiger partial charge is 0.287 e. The highest BCUT2D eigenvalue weighted by Crippen LogP contribution is 2.28. The number of methoxy groups -OCH3 is 1. The van der Waals surface area contributed by atoms with Gasteiger partial charge in [-0.25, -0.2) is 0 Å². The summed E-state index contributed by atoms with van der Waals surface area (Å²) >= 11 is 0. The van der Waals surface area contributed by atoms with Crippen LogP contribution in [0.25, 0.3) is 11.0 Å². The van der Waals surface area contributed by atoms with Crippen molar-refractivity contribution in [3.8, 4) is 5.75 Å². The molecule has 2 heterocycles. The topological polar surface area (TPSA) is 69.3 Å². The molecule has 0 spiro atoms. The Morgan fingerprint density at radius 3 is 2.66 bits per heavy atom. The second kappa shape index (κ2) is 7.83. The Balaban J connectivity index is 1.45. The van der Waals surface area contributed by atoms with Crippen LogP contribution in [0.3, 0.4) is 0 Å². The number of amides is 1. The van der Waals surface area contributed by atoms with Crippen molar-refractivity contribution in [3.63, 3.8) is 0 Å². The molecule has 0 radical (unpaired) electrons. The minimum atomic E-state index is -0.257. The van der Waals surface area contributed by atoms with Gasteiger partial charge in [0.2, 0.25) is 0 Å². The number of aryl methyl sites for hydroxylation is 2. The predicted octanol–water partition coefficient (Wildman–Crippen LogP) is 4.23. The molecule has 0 atom stereocenters. The van der Waals surface area contributed by atoms with Crippen LogP contribution in [0.15, 0.2) is 59.0 Å². The summed E-state index contributed by atoms with van der Waals surface area (Å²) in [5, 5.41) is 8.27. The fourth-order valence-corrected chi connectivity index (χ4v) is 3.42. The molecule has 0 saturated carbocycles. The summed E-state index contributed by atoms with van der Waals surface area (Å²) in [6.07, 6.45) is 0. The van der Waals surface area contributed by atoms with E-state index in [0.717, 1.165) is 27.9 Å². The fraction of sp³-hybridized carbons (Fsp3) is 0.217. The van der Waals surface area contributed by atoms with Gasteiger partial charge in [0.25, 0.3) is 5.91 Å². The molecule has 4 aromatic rings. The summed E-state index contributed by atoms with van der Waals surface area (Å²) in [6, 6.07) is 17.5. The molecule has 0 aliphatic carbocycles. The second-order valence-corrected chi connectivity index (χ2v) is 7.08. The molecule has 6 heteroatoms. The molecule has 1 N–H and O–H groups in total. The Hall–Kier alpha value is -3.54. The number of fused-ring (bicyclic) bond motifs is 1. The van der Waals surface area contributed by atoms with Crippen LogP contribution in [-0.4, -0.2) is 22.8 Å². The monoisotopic (exact) mass is 389 g/mol. The number of rotatable bonds is 6. The van der Waals surface area contributed by atoms with Crippen LogP contribution < -0.4 is 10.1 Å². The highest BCUT2D eigenvalue weighted by atomic mass is 16.5. The molecule has 0 fully saturated rings. The number of para-hydroxylation sites is 1. The maximum absolute atomic E-state index is 12.6. The van der Waals surface area contributed by atoms with Gasteiger partial charge in [-0.3, -0.25) is 9.48 Å². The van der Waals surface area contributed by atoms with Gasteiger partial charge in [-0.1, -0.05) is 36.4 Å². The number of hydrogen-bond donors (Lipinski definition) is 1. The molecule has 0 bridgehead atoms. The Morgan fingerprint density at radius 1 is 1.10 bits per heavy atom. The summed E-state index contributed by atoms with van der Waals surface area (Å²) < 4.78 is 13.0. The Labute approximate surface area is 169 Å².